The van der Waals surface area contributed by atoms with Crippen molar-refractivity contribution in [3.63, 3.8) is 0 Å². The number of halogens is 1. The highest BCUT2D eigenvalue weighted by Crippen LogP contribution is 2.27. The molecule has 92 valence electrons. The van der Waals surface area contributed by atoms with Crippen LogP contribution in [-0.4, -0.2) is 43.8 Å². The Labute approximate surface area is 105 Å². The molecule has 4 nitrogen and oxygen atoms in total. The van der Waals surface area contributed by atoms with E-state index < -0.39 is 0 Å². The number of benzene rings is 1. The molecule has 1 unspecified atom stereocenters. The molecule has 17 heavy (non-hydrogen) atoms. The Morgan fingerprint density at radius 2 is 2.41 bits per heavy atom. The fourth-order valence-electron chi connectivity index (χ4n) is 1.97. The molecule has 0 spiro atoms. The molecular formula is C12H14ClNO3. The van der Waals surface area contributed by atoms with Gasteiger partial charge in [-0.15, -0.1) is 0 Å². The third-order valence-corrected chi connectivity index (χ3v) is 3.16. The Bertz CT molecular complexity index is 411. The number of carbonyl (C=O) groups is 1. The molecule has 1 fully saturated rings. The van der Waals surface area contributed by atoms with E-state index >= 15 is 0 Å². The molecule has 1 N–H and O–H groups in total. The summed E-state index contributed by atoms with van der Waals surface area (Å²) in [4.78, 5) is 13.1. The minimum atomic E-state index is -0.206. The number of anilines is 1. The normalized spacial score (nSPS) is 20.4. The fourth-order valence-corrected chi connectivity index (χ4v) is 2.18. The van der Waals surface area contributed by atoms with Crippen LogP contribution in [0.15, 0.2) is 18.2 Å². The number of ether oxygens (including phenoxy) is 1. The zero-order valence-corrected chi connectivity index (χ0v) is 10.1. The number of aliphatic hydroxyl groups is 1. The Balaban J connectivity index is 2.27. The van der Waals surface area contributed by atoms with Crippen LogP contribution in [0.5, 0.6) is 0 Å². The van der Waals surface area contributed by atoms with E-state index in [1.54, 1.807) is 6.07 Å². The lowest BCUT2D eigenvalue weighted by Crippen LogP contribution is -2.44. The summed E-state index contributed by atoms with van der Waals surface area (Å²) in [5.41, 5.74) is 1.29. The molecule has 1 atom stereocenters. The van der Waals surface area contributed by atoms with Gasteiger partial charge in [-0.2, -0.15) is 0 Å². The maximum Gasteiger partial charge on any atom is 0.153 e. The minimum Gasteiger partial charge on any atom is -0.394 e. The van der Waals surface area contributed by atoms with Crippen LogP contribution < -0.4 is 4.90 Å². The molecule has 1 aromatic rings. The number of carbonyl (C=O) groups excluding carboxylic acids is 1. The first-order valence-electron chi connectivity index (χ1n) is 5.47. The lowest BCUT2D eigenvalue weighted by molar-refractivity contribution is 0.00354. The zero-order valence-electron chi connectivity index (χ0n) is 9.30. The summed E-state index contributed by atoms with van der Waals surface area (Å²) in [5, 5.41) is 9.54. The van der Waals surface area contributed by atoms with Crippen LogP contribution in [0.3, 0.4) is 0 Å². The molecule has 0 aromatic heterocycles. The van der Waals surface area contributed by atoms with Gasteiger partial charge in [-0.05, 0) is 12.1 Å². The van der Waals surface area contributed by atoms with Crippen molar-refractivity contribution in [2.24, 2.45) is 0 Å². The van der Waals surface area contributed by atoms with E-state index in [1.165, 1.54) is 0 Å². The summed E-state index contributed by atoms with van der Waals surface area (Å²) in [6, 6.07) is 5.36. The Kier molecular flexibility index (Phi) is 3.99. The highest BCUT2D eigenvalue weighted by atomic mass is 35.5. The number of aldehydes is 1. The largest absolute Gasteiger partial charge is 0.394 e. The quantitative estimate of drug-likeness (QED) is 0.829. The molecule has 1 heterocycles. The first kappa shape index (κ1) is 12.4. The van der Waals surface area contributed by atoms with Gasteiger partial charge in [0.05, 0.1) is 29.9 Å². The first-order valence-corrected chi connectivity index (χ1v) is 5.85. The molecule has 5 heteroatoms. The number of hydrogen-bond donors (Lipinski definition) is 1. The van der Waals surface area contributed by atoms with E-state index in [-0.39, 0.29) is 12.7 Å². The molecule has 1 saturated heterocycles. The van der Waals surface area contributed by atoms with E-state index in [0.717, 1.165) is 12.0 Å². The average Bonchev–Trinajstić information content (AvgIpc) is 2.38. The van der Waals surface area contributed by atoms with Gasteiger partial charge in [0.2, 0.25) is 0 Å². The van der Waals surface area contributed by atoms with Gasteiger partial charge in [-0.3, -0.25) is 4.79 Å². The van der Waals surface area contributed by atoms with Gasteiger partial charge in [0.25, 0.3) is 0 Å². The topological polar surface area (TPSA) is 49.8 Å². The van der Waals surface area contributed by atoms with E-state index in [1.807, 2.05) is 17.0 Å². The highest BCUT2D eigenvalue weighted by molar-refractivity contribution is 6.33. The van der Waals surface area contributed by atoms with Crippen LogP contribution in [0.1, 0.15) is 10.4 Å². The second kappa shape index (κ2) is 5.49. The van der Waals surface area contributed by atoms with E-state index in [2.05, 4.69) is 0 Å². The van der Waals surface area contributed by atoms with Crippen LogP contribution in [-0.2, 0) is 4.74 Å². The fraction of sp³-hybridized carbons (Fsp3) is 0.417. The number of rotatable bonds is 3. The lowest BCUT2D eigenvalue weighted by atomic mass is 10.1. The number of aliphatic hydroxyl groups excluding tert-OH is 1. The molecule has 1 aromatic carbocycles. The molecule has 1 aliphatic heterocycles. The van der Waals surface area contributed by atoms with E-state index in [0.29, 0.717) is 30.3 Å². The van der Waals surface area contributed by atoms with Crippen LogP contribution in [0.25, 0.3) is 0 Å². The third-order valence-electron chi connectivity index (χ3n) is 2.83. The molecule has 0 radical (unpaired) electrons. The van der Waals surface area contributed by atoms with Gasteiger partial charge in [0, 0.05) is 18.8 Å². The lowest BCUT2D eigenvalue weighted by Gasteiger charge is -2.34. The second-order valence-electron chi connectivity index (χ2n) is 3.91. The van der Waals surface area contributed by atoms with Crippen LogP contribution in [0.4, 0.5) is 5.69 Å². The predicted molar refractivity (Wildman–Crippen MR) is 65.9 cm³/mol. The van der Waals surface area contributed by atoms with Gasteiger partial charge >= 0.3 is 0 Å². The third kappa shape index (κ3) is 2.60. The molecule has 2 rings (SSSR count). The van der Waals surface area contributed by atoms with Crippen molar-refractivity contribution in [3.8, 4) is 0 Å². The summed E-state index contributed by atoms with van der Waals surface area (Å²) in [6.45, 7) is 1.78. The van der Waals surface area contributed by atoms with Gasteiger partial charge in [0.15, 0.2) is 6.29 Å². The summed E-state index contributed by atoms with van der Waals surface area (Å²) in [7, 11) is 0. The first-order chi connectivity index (χ1) is 8.26. The van der Waals surface area contributed by atoms with Crippen molar-refractivity contribution in [1.29, 1.82) is 0 Å². The highest BCUT2D eigenvalue weighted by Gasteiger charge is 2.22. The summed E-state index contributed by atoms with van der Waals surface area (Å²) in [6.07, 6.45) is 0.559. The van der Waals surface area contributed by atoms with Crippen molar-refractivity contribution in [2.45, 2.75) is 6.10 Å². The van der Waals surface area contributed by atoms with E-state index in [4.69, 9.17) is 21.4 Å². The molecular weight excluding hydrogens is 242 g/mol. The van der Waals surface area contributed by atoms with Crippen LogP contribution in [0.2, 0.25) is 5.02 Å². The van der Waals surface area contributed by atoms with Crippen molar-refractivity contribution in [3.05, 3.63) is 28.8 Å². The van der Waals surface area contributed by atoms with Gasteiger partial charge in [-0.25, -0.2) is 0 Å². The number of hydrogen-bond acceptors (Lipinski definition) is 4. The van der Waals surface area contributed by atoms with Crippen molar-refractivity contribution in [2.75, 3.05) is 31.2 Å². The molecule has 0 saturated carbocycles. The van der Waals surface area contributed by atoms with Crippen LogP contribution in [0, 0.1) is 0 Å². The zero-order chi connectivity index (χ0) is 12.3. The van der Waals surface area contributed by atoms with Crippen molar-refractivity contribution >= 4 is 23.6 Å². The van der Waals surface area contributed by atoms with Gasteiger partial charge in [-0.1, -0.05) is 17.7 Å². The minimum absolute atomic E-state index is 0.0203. The average molecular weight is 256 g/mol. The Morgan fingerprint density at radius 1 is 1.59 bits per heavy atom. The Morgan fingerprint density at radius 3 is 3.12 bits per heavy atom. The van der Waals surface area contributed by atoms with Crippen molar-refractivity contribution < 1.29 is 14.6 Å². The Hall–Kier alpha value is -1.10. The summed E-state index contributed by atoms with van der Waals surface area (Å²) in [5.74, 6) is 0. The molecule has 0 amide bonds. The second-order valence-corrected chi connectivity index (χ2v) is 4.32. The smallest absolute Gasteiger partial charge is 0.153 e. The standard InChI is InChI=1S/C12H14ClNO3/c13-11-2-1-3-12(10(11)8-16)14-4-5-17-9(6-14)7-15/h1-3,8-9,15H,4-7H2. The molecule has 0 aliphatic carbocycles. The summed E-state index contributed by atoms with van der Waals surface area (Å²) >= 11 is 5.98. The maximum absolute atomic E-state index is 11.1. The van der Waals surface area contributed by atoms with E-state index in [9.17, 15) is 4.79 Å². The number of nitrogens with zero attached hydrogens (tertiary/aromatic N) is 1. The molecule has 0 bridgehead atoms. The summed E-state index contributed by atoms with van der Waals surface area (Å²) < 4.78 is 5.37. The predicted octanol–water partition coefficient (Wildman–Crippen LogP) is 1.35. The monoisotopic (exact) mass is 255 g/mol. The SMILES string of the molecule is O=Cc1c(Cl)cccc1N1CCOC(CO)C1. The maximum atomic E-state index is 11.1. The molecule has 1 aliphatic rings. The van der Waals surface area contributed by atoms with Gasteiger partial charge < -0.3 is 14.7 Å². The van der Waals surface area contributed by atoms with Crippen molar-refractivity contribution in [1.82, 2.24) is 0 Å². The number of morpholine rings is 1. The van der Waals surface area contributed by atoms with Crippen LogP contribution >= 0.6 is 11.6 Å². The van der Waals surface area contributed by atoms with Gasteiger partial charge in [0.1, 0.15) is 0 Å².